The van der Waals surface area contributed by atoms with Crippen molar-refractivity contribution >= 4 is 5.91 Å². The van der Waals surface area contributed by atoms with Crippen LogP contribution in [0.2, 0.25) is 0 Å². The lowest BCUT2D eigenvalue weighted by atomic mass is 10.0. The Morgan fingerprint density at radius 2 is 2.05 bits per heavy atom. The molecular weight excluding hydrogens is 252 g/mol. The number of carbonyl (C=O) groups excluding carboxylic acids is 1. The fraction of sp³-hybridized carbons (Fsp3) is 0.500. The SMILES string of the molecule is CCC(C)C(O)CNC(=O)CCc1ccc(C#N)cc1. The lowest BCUT2D eigenvalue weighted by Gasteiger charge is -2.17. The van der Waals surface area contributed by atoms with Crippen LogP contribution in [0, 0.1) is 17.2 Å². The molecule has 4 nitrogen and oxygen atoms in total. The topological polar surface area (TPSA) is 73.1 Å². The van der Waals surface area contributed by atoms with Crippen molar-refractivity contribution in [2.45, 2.75) is 39.2 Å². The standard InChI is InChI=1S/C16H22N2O2/c1-3-12(2)15(19)11-18-16(20)9-8-13-4-6-14(10-17)7-5-13/h4-7,12,15,19H,3,8-9,11H2,1-2H3,(H,18,20). The molecule has 1 aromatic rings. The van der Waals surface area contributed by atoms with Crippen molar-refractivity contribution in [2.75, 3.05) is 6.54 Å². The molecule has 0 fully saturated rings. The fourth-order valence-corrected chi connectivity index (χ4v) is 1.78. The number of nitrogens with one attached hydrogen (secondary N) is 1. The number of aliphatic hydroxyl groups is 1. The molecule has 0 aliphatic heterocycles. The Labute approximate surface area is 120 Å². The van der Waals surface area contributed by atoms with Gasteiger partial charge in [0.05, 0.1) is 17.7 Å². The second-order valence-electron chi connectivity index (χ2n) is 5.07. The molecule has 2 unspecified atom stereocenters. The number of nitriles is 1. The molecule has 0 aliphatic rings. The maximum atomic E-state index is 11.7. The van der Waals surface area contributed by atoms with Crippen LogP contribution < -0.4 is 5.32 Å². The zero-order chi connectivity index (χ0) is 15.0. The number of rotatable bonds is 7. The summed E-state index contributed by atoms with van der Waals surface area (Å²) < 4.78 is 0. The normalized spacial score (nSPS) is 13.3. The van der Waals surface area contributed by atoms with E-state index < -0.39 is 6.10 Å². The molecule has 0 heterocycles. The summed E-state index contributed by atoms with van der Waals surface area (Å²) in [6.07, 6.45) is 1.43. The van der Waals surface area contributed by atoms with Gasteiger partial charge in [-0.05, 0) is 30.0 Å². The summed E-state index contributed by atoms with van der Waals surface area (Å²) in [5.74, 6) is 0.130. The van der Waals surface area contributed by atoms with Crippen molar-refractivity contribution < 1.29 is 9.90 Å². The molecule has 2 N–H and O–H groups in total. The monoisotopic (exact) mass is 274 g/mol. The molecule has 1 rings (SSSR count). The lowest BCUT2D eigenvalue weighted by Crippen LogP contribution is -2.35. The van der Waals surface area contributed by atoms with Crippen molar-refractivity contribution in [3.63, 3.8) is 0 Å². The van der Waals surface area contributed by atoms with E-state index in [0.29, 0.717) is 24.9 Å². The zero-order valence-electron chi connectivity index (χ0n) is 12.1. The van der Waals surface area contributed by atoms with Crippen LogP contribution in [0.3, 0.4) is 0 Å². The van der Waals surface area contributed by atoms with Gasteiger partial charge in [-0.1, -0.05) is 32.4 Å². The fourth-order valence-electron chi connectivity index (χ4n) is 1.78. The molecule has 0 bridgehead atoms. The summed E-state index contributed by atoms with van der Waals surface area (Å²) in [4.78, 5) is 11.7. The van der Waals surface area contributed by atoms with Gasteiger partial charge in [-0.15, -0.1) is 0 Å². The second-order valence-corrected chi connectivity index (χ2v) is 5.07. The third-order valence-corrected chi connectivity index (χ3v) is 3.53. The molecule has 1 amide bonds. The van der Waals surface area contributed by atoms with Gasteiger partial charge in [-0.2, -0.15) is 5.26 Å². The minimum atomic E-state index is -0.487. The predicted octanol–water partition coefficient (Wildman–Crippen LogP) is 2.01. The van der Waals surface area contributed by atoms with Crippen LogP contribution in [0.1, 0.15) is 37.8 Å². The van der Waals surface area contributed by atoms with E-state index in [1.807, 2.05) is 26.0 Å². The Morgan fingerprint density at radius 1 is 1.40 bits per heavy atom. The van der Waals surface area contributed by atoms with E-state index in [1.165, 1.54) is 0 Å². The third kappa shape index (κ3) is 5.41. The summed E-state index contributed by atoms with van der Waals surface area (Å²) in [5.41, 5.74) is 1.65. The zero-order valence-corrected chi connectivity index (χ0v) is 12.1. The van der Waals surface area contributed by atoms with Crippen LogP contribution in [-0.2, 0) is 11.2 Å². The number of carbonyl (C=O) groups is 1. The van der Waals surface area contributed by atoms with Crippen molar-refractivity contribution in [1.29, 1.82) is 5.26 Å². The van der Waals surface area contributed by atoms with Gasteiger partial charge in [0, 0.05) is 13.0 Å². The Kier molecular flexibility index (Phi) is 6.75. The van der Waals surface area contributed by atoms with Gasteiger partial charge < -0.3 is 10.4 Å². The number of hydrogen-bond donors (Lipinski definition) is 2. The average molecular weight is 274 g/mol. The molecule has 4 heteroatoms. The first-order valence-corrected chi connectivity index (χ1v) is 7.00. The molecule has 0 aliphatic carbocycles. The van der Waals surface area contributed by atoms with E-state index in [2.05, 4.69) is 11.4 Å². The van der Waals surface area contributed by atoms with E-state index in [4.69, 9.17) is 5.26 Å². The van der Waals surface area contributed by atoms with Crippen LogP contribution in [0.25, 0.3) is 0 Å². The minimum Gasteiger partial charge on any atom is -0.391 e. The van der Waals surface area contributed by atoms with Gasteiger partial charge in [0.25, 0.3) is 0 Å². The van der Waals surface area contributed by atoms with Crippen molar-refractivity contribution in [2.24, 2.45) is 5.92 Å². The lowest BCUT2D eigenvalue weighted by molar-refractivity contribution is -0.121. The van der Waals surface area contributed by atoms with Crippen molar-refractivity contribution in [3.05, 3.63) is 35.4 Å². The van der Waals surface area contributed by atoms with E-state index in [-0.39, 0.29) is 11.8 Å². The van der Waals surface area contributed by atoms with Crippen LogP contribution in [0.4, 0.5) is 0 Å². The van der Waals surface area contributed by atoms with E-state index in [9.17, 15) is 9.90 Å². The Balaban J connectivity index is 2.31. The van der Waals surface area contributed by atoms with Crippen LogP contribution in [-0.4, -0.2) is 23.7 Å². The summed E-state index contributed by atoms with van der Waals surface area (Å²) in [5, 5.41) is 21.2. The second kappa shape index (κ2) is 8.34. The number of benzene rings is 1. The molecule has 108 valence electrons. The van der Waals surface area contributed by atoms with Crippen molar-refractivity contribution in [1.82, 2.24) is 5.32 Å². The average Bonchev–Trinajstić information content (AvgIpc) is 2.50. The number of hydrogen-bond acceptors (Lipinski definition) is 3. The van der Waals surface area contributed by atoms with Gasteiger partial charge in [0.1, 0.15) is 0 Å². The summed E-state index contributed by atoms with van der Waals surface area (Å²) in [6, 6.07) is 9.28. The van der Waals surface area contributed by atoms with Crippen molar-refractivity contribution in [3.8, 4) is 6.07 Å². The quantitative estimate of drug-likeness (QED) is 0.799. The van der Waals surface area contributed by atoms with Gasteiger partial charge in [-0.3, -0.25) is 4.79 Å². The summed E-state index contributed by atoms with van der Waals surface area (Å²) in [7, 11) is 0. The van der Waals surface area contributed by atoms with Crippen LogP contribution >= 0.6 is 0 Å². The Morgan fingerprint density at radius 3 is 2.60 bits per heavy atom. The molecule has 0 aromatic heterocycles. The molecule has 0 saturated carbocycles. The maximum absolute atomic E-state index is 11.7. The van der Waals surface area contributed by atoms with Gasteiger partial charge in [0.15, 0.2) is 0 Å². The molecule has 20 heavy (non-hydrogen) atoms. The number of aryl methyl sites for hydroxylation is 1. The number of nitrogens with zero attached hydrogens (tertiary/aromatic N) is 1. The third-order valence-electron chi connectivity index (χ3n) is 3.53. The largest absolute Gasteiger partial charge is 0.391 e. The molecule has 0 saturated heterocycles. The first-order chi connectivity index (χ1) is 9.56. The van der Waals surface area contributed by atoms with Gasteiger partial charge >= 0.3 is 0 Å². The molecular formula is C16H22N2O2. The summed E-state index contributed by atoms with van der Waals surface area (Å²) >= 11 is 0. The smallest absolute Gasteiger partial charge is 0.220 e. The first kappa shape index (κ1) is 16.2. The highest BCUT2D eigenvalue weighted by Crippen LogP contribution is 2.07. The number of amides is 1. The van der Waals surface area contributed by atoms with Crippen LogP contribution in [0.15, 0.2) is 24.3 Å². The van der Waals surface area contributed by atoms with E-state index in [1.54, 1.807) is 12.1 Å². The highest BCUT2D eigenvalue weighted by Gasteiger charge is 2.13. The molecule has 0 spiro atoms. The first-order valence-electron chi connectivity index (χ1n) is 7.00. The van der Waals surface area contributed by atoms with E-state index in [0.717, 1.165) is 12.0 Å². The van der Waals surface area contributed by atoms with Gasteiger partial charge in [0.2, 0.25) is 5.91 Å². The molecule has 2 atom stereocenters. The predicted molar refractivity (Wildman–Crippen MR) is 77.9 cm³/mol. The summed E-state index contributed by atoms with van der Waals surface area (Å²) in [6.45, 7) is 4.29. The Bertz CT molecular complexity index is 462. The molecule has 1 aromatic carbocycles. The van der Waals surface area contributed by atoms with E-state index >= 15 is 0 Å². The minimum absolute atomic E-state index is 0.0586. The molecule has 0 radical (unpaired) electrons. The maximum Gasteiger partial charge on any atom is 0.220 e. The number of aliphatic hydroxyl groups excluding tert-OH is 1. The highest BCUT2D eigenvalue weighted by molar-refractivity contribution is 5.76. The Hall–Kier alpha value is -1.86. The highest BCUT2D eigenvalue weighted by atomic mass is 16.3. The van der Waals surface area contributed by atoms with Gasteiger partial charge in [-0.25, -0.2) is 0 Å². The van der Waals surface area contributed by atoms with Crippen LogP contribution in [0.5, 0.6) is 0 Å².